The van der Waals surface area contributed by atoms with E-state index >= 15 is 0 Å². The van der Waals surface area contributed by atoms with Crippen LogP contribution in [0.1, 0.15) is 28.7 Å². The van der Waals surface area contributed by atoms with Crippen LogP contribution in [0.15, 0.2) is 64.5 Å². The zero-order chi connectivity index (χ0) is 24.6. The summed E-state index contributed by atoms with van der Waals surface area (Å²) in [5.41, 5.74) is 3.88. The maximum Gasteiger partial charge on any atom is 0.259 e. The van der Waals surface area contributed by atoms with Crippen molar-refractivity contribution in [3.05, 3.63) is 71.5 Å². The van der Waals surface area contributed by atoms with Gasteiger partial charge in [-0.25, -0.2) is 22.4 Å². The van der Waals surface area contributed by atoms with Gasteiger partial charge in [-0.2, -0.15) is 5.10 Å². The molecule has 34 heavy (non-hydrogen) atoms. The van der Waals surface area contributed by atoms with Crippen LogP contribution in [0.4, 0.5) is 5.69 Å². The van der Waals surface area contributed by atoms with Crippen molar-refractivity contribution in [2.45, 2.75) is 30.9 Å². The molecule has 1 fully saturated rings. The SMILES string of the molecule is Cc1cc(C)n(-c2ccc(C(=O)N3CC(C)SC3=Nc3cccc(S(=O)(=O)N(C)C)c3)cc2)n1. The lowest BCUT2D eigenvalue weighted by atomic mass is 10.2. The van der Waals surface area contributed by atoms with Crippen LogP contribution in [0.5, 0.6) is 0 Å². The fourth-order valence-corrected chi connectivity index (χ4v) is 5.67. The Labute approximate surface area is 204 Å². The number of carbonyl (C=O) groups is 1. The highest BCUT2D eigenvalue weighted by molar-refractivity contribution is 8.14. The quantitative estimate of drug-likeness (QED) is 0.532. The first-order chi connectivity index (χ1) is 16.1. The fraction of sp³-hybridized carbons (Fsp3) is 0.292. The van der Waals surface area contributed by atoms with Crippen molar-refractivity contribution < 1.29 is 13.2 Å². The molecule has 0 spiro atoms. The molecule has 2 heterocycles. The maximum atomic E-state index is 13.3. The number of aliphatic imine (C=N–C) groups is 1. The van der Waals surface area contributed by atoms with Crippen LogP contribution < -0.4 is 0 Å². The molecular formula is C24H27N5O3S2. The van der Waals surface area contributed by atoms with Crippen LogP contribution in [0, 0.1) is 13.8 Å². The predicted octanol–water partition coefficient (Wildman–Crippen LogP) is 4.00. The molecule has 0 radical (unpaired) electrons. The lowest BCUT2D eigenvalue weighted by Gasteiger charge is -2.17. The topological polar surface area (TPSA) is 87.9 Å². The Hall–Kier alpha value is -2.95. The van der Waals surface area contributed by atoms with Gasteiger partial charge < -0.3 is 0 Å². The van der Waals surface area contributed by atoms with E-state index in [-0.39, 0.29) is 16.1 Å². The highest BCUT2D eigenvalue weighted by Gasteiger charge is 2.31. The van der Waals surface area contributed by atoms with Crippen molar-refractivity contribution in [3.8, 4) is 5.69 Å². The lowest BCUT2D eigenvalue weighted by molar-refractivity contribution is 0.0855. The number of benzene rings is 2. The molecular weight excluding hydrogens is 470 g/mol. The highest BCUT2D eigenvalue weighted by Crippen LogP contribution is 2.30. The normalized spacial score (nSPS) is 17.6. The summed E-state index contributed by atoms with van der Waals surface area (Å²) in [6.07, 6.45) is 0. The number of carbonyl (C=O) groups excluding carboxylic acids is 1. The van der Waals surface area contributed by atoms with Crippen molar-refractivity contribution >= 4 is 38.5 Å². The molecule has 1 aromatic heterocycles. The van der Waals surface area contributed by atoms with E-state index in [0.29, 0.717) is 23.0 Å². The minimum absolute atomic E-state index is 0.146. The molecule has 0 bridgehead atoms. The molecule has 1 aliphatic heterocycles. The van der Waals surface area contributed by atoms with E-state index < -0.39 is 10.0 Å². The number of nitrogens with zero attached hydrogens (tertiary/aromatic N) is 5. The number of sulfonamides is 1. The van der Waals surface area contributed by atoms with E-state index in [2.05, 4.69) is 10.1 Å². The number of aryl methyl sites for hydroxylation is 2. The van der Waals surface area contributed by atoms with Crippen molar-refractivity contribution in [2.24, 2.45) is 4.99 Å². The summed E-state index contributed by atoms with van der Waals surface area (Å²) in [4.78, 5) is 19.8. The average Bonchev–Trinajstić information content (AvgIpc) is 3.33. The minimum atomic E-state index is -3.58. The summed E-state index contributed by atoms with van der Waals surface area (Å²) in [6, 6.07) is 15.8. The fourth-order valence-electron chi connectivity index (χ4n) is 3.70. The van der Waals surface area contributed by atoms with Gasteiger partial charge in [0.2, 0.25) is 10.0 Å². The number of hydrogen-bond donors (Lipinski definition) is 0. The van der Waals surface area contributed by atoms with E-state index in [9.17, 15) is 13.2 Å². The van der Waals surface area contributed by atoms with E-state index in [1.54, 1.807) is 29.2 Å². The summed E-state index contributed by atoms with van der Waals surface area (Å²) in [7, 11) is -0.598. The van der Waals surface area contributed by atoms with Gasteiger partial charge in [0.05, 0.1) is 22.0 Å². The molecule has 1 aliphatic rings. The molecule has 3 aromatic rings. The zero-order valence-corrected chi connectivity index (χ0v) is 21.4. The molecule has 10 heteroatoms. The van der Waals surface area contributed by atoms with Crippen molar-refractivity contribution in [1.82, 2.24) is 19.0 Å². The number of rotatable bonds is 5. The van der Waals surface area contributed by atoms with Gasteiger partial charge in [0.15, 0.2) is 5.17 Å². The van der Waals surface area contributed by atoms with E-state index in [1.807, 2.05) is 43.7 Å². The Balaban J connectivity index is 1.61. The summed E-state index contributed by atoms with van der Waals surface area (Å²) in [6.45, 7) is 6.49. The van der Waals surface area contributed by atoms with Crippen LogP contribution >= 0.6 is 11.8 Å². The van der Waals surface area contributed by atoms with Gasteiger partial charge in [0, 0.05) is 37.1 Å². The van der Waals surface area contributed by atoms with E-state index in [4.69, 9.17) is 0 Å². The molecule has 1 saturated heterocycles. The third-order valence-corrected chi connectivity index (χ3v) is 8.30. The van der Waals surface area contributed by atoms with Gasteiger partial charge in [-0.05, 0) is 62.4 Å². The van der Waals surface area contributed by atoms with Crippen LogP contribution in [0.25, 0.3) is 5.69 Å². The third-order valence-electron chi connectivity index (χ3n) is 5.41. The Morgan fingerprint density at radius 2 is 1.82 bits per heavy atom. The molecule has 1 unspecified atom stereocenters. The van der Waals surface area contributed by atoms with Gasteiger partial charge in [0.25, 0.3) is 5.91 Å². The minimum Gasteiger partial charge on any atom is -0.286 e. The number of amidine groups is 1. The number of thioether (sulfide) groups is 1. The van der Waals surface area contributed by atoms with Crippen LogP contribution in [-0.4, -0.2) is 64.4 Å². The Kier molecular flexibility index (Phi) is 6.66. The summed E-state index contributed by atoms with van der Waals surface area (Å²) in [5.74, 6) is -0.146. The molecule has 1 amide bonds. The molecule has 4 rings (SSSR count). The average molecular weight is 498 g/mol. The predicted molar refractivity (Wildman–Crippen MR) is 136 cm³/mol. The van der Waals surface area contributed by atoms with Crippen LogP contribution in [0.3, 0.4) is 0 Å². The van der Waals surface area contributed by atoms with E-state index in [0.717, 1.165) is 21.4 Å². The van der Waals surface area contributed by atoms with Gasteiger partial charge in [-0.15, -0.1) is 0 Å². The van der Waals surface area contributed by atoms with Crippen molar-refractivity contribution in [1.29, 1.82) is 0 Å². The number of amides is 1. The Morgan fingerprint density at radius 1 is 1.12 bits per heavy atom. The van der Waals surface area contributed by atoms with Gasteiger partial charge in [0.1, 0.15) is 0 Å². The molecule has 0 aliphatic carbocycles. The number of hydrogen-bond acceptors (Lipinski definition) is 6. The first kappa shape index (κ1) is 24.2. The first-order valence-electron chi connectivity index (χ1n) is 10.8. The summed E-state index contributed by atoms with van der Waals surface area (Å²) >= 11 is 1.50. The van der Waals surface area contributed by atoms with Crippen molar-refractivity contribution in [2.75, 3.05) is 20.6 Å². The van der Waals surface area contributed by atoms with E-state index in [1.165, 1.54) is 38.0 Å². The second kappa shape index (κ2) is 9.36. The third kappa shape index (κ3) is 4.79. The zero-order valence-electron chi connectivity index (χ0n) is 19.8. The highest BCUT2D eigenvalue weighted by atomic mass is 32.2. The Morgan fingerprint density at radius 3 is 2.44 bits per heavy atom. The molecule has 0 saturated carbocycles. The standard InChI is InChI=1S/C24H27N5O3S2/c1-16-13-17(2)29(26-16)21-11-9-19(10-12-21)23(30)28-15-18(3)33-24(28)25-20-7-6-8-22(14-20)34(31,32)27(4)5/h6-14,18H,15H2,1-5H3. The van der Waals surface area contributed by atoms with Crippen LogP contribution in [-0.2, 0) is 10.0 Å². The monoisotopic (exact) mass is 497 g/mol. The van der Waals surface area contributed by atoms with Crippen molar-refractivity contribution in [3.63, 3.8) is 0 Å². The van der Waals surface area contributed by atoms with Crippen LogP contribution in [0.2, 0.25) is 0 Å². The molecule has 8 nitrogen and oxygen atoms in total. The lowest BCUT2D eigenvalue weighted by Crippen LogP contribution is -2.32. The first-order valence-corrected chi connectivity index (χ1v) is 13.1. The summed E-state index contributed by atoms with van der Waals surface area (Å²) < 4.78 is 28.0. The molecule has 1 atom stereocenters. The van der Waals surface area contributed by atoms with Gasteiger partial charge in [-0.1, -0.05) is 24.8 Å². The smallest absolute Gasteiger partial charge is 0.259 e. The molecule has 2 aromatic carbocycles. The molecule has 0 N–H and O–H groups in total. The summed E-state index contributed by atoms with van der Waals surface area (Å²) in [5, 5.41) is 5.22. The number of aromatic nitrogens is 2. The van der Waals surface area contributed by atoms with Gasteiger partial charge >= 0.3 is 0 Å². The largest absolute Gasteiger partial charge is 0.286 e. The maximum absolute atomic E-state index is 13.3. The van der Waals surface area contributed by atoms with Gasteiger partial charge in [-0.3, -0.25) is 9.69 Å². The Bertz CT molecular complexity index is 1360. The molecule has 178 valence electrons. The second-order valence-electron chi connectivity index (χ2n) is 8.41. The second-order valence-corrected chi connectivity index (χ2v) is 12.0.